The summed E-state index contributed by atoms with van der Waals surface area (Å²) in [7, 11) is -2.58. The van der Waals surface area contributed by atoms with Crippen LogP contribution in [0.15, 0.2) is 0 Å². The maximum absolute atomic E-state index is 4.94. The predicted octanol–water partition coefficient (Wildman–Crippen LogP) is 7.48. The minimum Gasteiger partial charge on any atom is -0.381 e. The first-order valence-electron chi connectivity index (χ1n) is 11.8. The molecule has 0 aliphatic carbocycles. The molecule has 31 heavy (non-hydrogen) atoms. The molecule has 0 radical (unpaired) electrons. The van der Waals surface area contributed by atoms with Gasteiger partial charge in [0.2, 0.25) is 0 Å². The van der Waals surface area contributed by atoms with Crippen molar-refractivity contribution < 1.29 is 46.9 Å². The first-order valence-corrected chi connectivity index (χ1v) is 22.9. The average Bonchev–Trinajstić information content (AvgIpc) is 3.29. The molecule has 3 aliphatic rings. The van der Waals surface area contributed by atoms with Crippen molar-refractivity contribution in [2.75, 3.05) is 39.6 Å². The second-order valence-corrected chi connectivity index (χ2v) is 27.0. The third-order valence-corrected chi connectivity index (χ3v) is 2.48. The zero-order valence-corrected chi connectivity index (χ0v) is 28.7. The largest absolute Gasteiger partial charge is 3.00 e. The molecule has 0 N–H and O–H groups in total. The number of ether oxygens (including phenoxy) is 3. The Morgan fingerprint density at radius 2 is 0.484 bits per heavy atom. The molecular formula is C24H57O3Si3Y. The molecule has 186 valence electrons. The quantitative estimate of drug-likeness (QED) is 0.225. The standard InChI is InChI=1S/3C4H8O.3C4H11Si.Y/c3*1-2-4-5-3-1;3*1-5(2,3)4;/h3*1-4H2;3*1H2,2-4H3;/q;;;3*-1;+3. The average molecular weight is 567 g/mol. The van der Waals surface area contributed by atoms with E-state index < -0.39 is 24.2 Å². The first-order chi connectivity index (χ1) is 13.5. The normalized spacial score (nSPS) is 17.4. The van der Waals surface area contributed by atoms with E-state index in [1.807, 2.05) is 0 Å². The molecular weight excluding hydrogens is 509 g/mol. The summed E-state index contributed by atoms with van der Waals surface area (Å²) < 4.78 is 14.8. The van der Waals surface area contributed by atoms with Gasteiger partial charge < -0.3 is 33.9 Å². The van der Waals surface area contributed by atoms with Gasteiger partial charge in [-0.1, -0.05) is 58.9 Å². The Kier molecular flexibility index (Phi) is 31.8. The van der Waals surface area contributed by atoms with Crippen molar-refractivity contribution in [1.82, 2.24) is 0 Å². The summed E-state index contributed by atoms with van der Waals surface area (Å²) in [5.74, 6) is 0. The van der Waals surface area contributed by atoms with Crippen LogP contribution >= 0.6 is 0 Å². The van der Waals surface area contributed by atoms with Gasteiger partial charge in [-0.3, -0.25) is 0 Å². The van der Waals surface area contributed by atoms with Crippen molar-refractivity contribution in [3.8, 4) is 0 Å². The van der Waals surface area contributed by atoms with Gasteiger partial charge in [0.1, 0.15) is 0 Å². The van der Waals surface area contributed by atoms with Gasteiger partial charge in [0, 0.05) is 39.6 Å². The van der Waals surface area contributed by atoms with E-state index in [0.717, 1.165) is 39.6 Å². The van der Waals surface area contributed by atoms with E-state index in [-0.39, 0.29) is 32.7 Å². The summed E-state index contributed by atoms with van der Waals surface area (Å²) in [5, 5.41) is 0. The molecule has 3 fully saturated rings. The topological polar surface area (TPSA) is 27.7 Å². The van der Waals surface area contributed by atoms with Crippen LogP contribution in [0.5, 0.6) is 0 Å². The van der Waals surface area contributed by atoms with Crippen LogP contribution in [0.1, 0.15) is 38.5 Å². The van der Waals surface area contributed by atoms with E-state index in [0.29, 0.717) is 0 Å². The van der Waals surface area contributed by atoms with Crippen molar-refractivity contribution >= 4 is 24.2 Å². The van der Waals surface area contributed by atoms with E-state index in [2.05, 4.69) is 78.6 Å². The molecule has 0 atom stereocenters. The van der Waals surface area contributed by atoms with Crippen molar-refractivity contribution in [2.24, 2.45) is 0 Å². The van der Waals surface area contributed by atoms with Crippen molar-refractivity contribution in [3.05, 3.63) is 19.6 Å². The molecule has 7 heteroatoms. The molecule has 0 bridgehead atoms. The molecule has 0 aromatic rings. The summed E-state index contributed by atoms with van der Waals surface area (Å²) in [6.07, 6.45) is 7.67. The molecule has 3 nitrogen and oxygen atoms in total. The second kappa shape index (κ2) is 24.7. The molecule has 3 saturated heterocycles. The van der Waals surface area contributed by atoms with Gasteiger partial charge >= 0.3 is 32.7 Å². The minimum atomic E-state index is -0.861. The van der Waals surface area contributed by atoms with Crippen molar-refractivity contribution in [3.63, 3.8) is 0 Å². The molecule has 3 aliphatic heterocycles. The molecule has 0 unspecified atom stereocenters. The third-order valence-electron chi connectivity index (χ3n) is 2.48. The van der Waals surface area contributed by atoms with E-state index in [1.54, 1.807) is 0 Å². The zero-order valence-electron chi connectivity index (χ0n) is 22.9. The SMILES string of the molecule is C1CCOC1.C1CCOC1.C1CCOC1.[CH2-][Si](C)(C)C.[CH2-][Si](C)(C)C.[CH2-][Si](C)(C)C.[Y+3]. The Balaban J connectivity index is -0.000000140. The third kappa shape index (κ3) is 100. The van der Waals surface area contributed by atoms with Gasteiger partial charge in [-0.25, -0.2) is 0 Å². The summed E-state index contributed by atoms with van der Waals surface area (Å²) in [4.78, 5) is 0. The van der Waals surface area contributed by atoms with E-state index in [4.69, 9.17) is 14.2 Å². The fraction of sp³-hybridized carbons (Fsp3) is 0.875. The van der Waals surface area contributed by atoms with Crippen LogP contribution in [0, 0.1) is 19.6 Å². The summed E-state index contributed by atoms with van der Waals surface area (Å²) in [5.41, 5.74) is 0. The predicted molar refractivity (Wildman–Crippen MR) is 146 cm³/mol. The van der Waals surface area contributed by atoms with E-state index >= 15 is 0 Å². The van der Waals surface area contributed by atoms with Gasteiger partial charge in [-0.2, -0.15) is 0 Å². The molecule has 0 amide bonds. The molecule has 0 aromatic heterocycles. The monoisotopic (exact) mass is 566 g/mol. The van der Waals surface area contributed by atoms with Gasteiger partial charge in [0.05, 0.1) is 0 Å². The molecule has 3 rings (SSSR count). The second-order valence-electron chi connectivity index (χ2n) is 11.6. The Morgan fingerprint density at radius 3 is 0.516 bits per heavy atom. The summed E-state index contributed by atoms with van der Waals surface area (Å²) in [6.45, 7) is 37.7. The van der Waals surface area contributed by atoms with Crippen LogP contribution in [-0.4, -0.2) is 63.9 Å². The Bertz CT molecular complexity index is 233. The minimum absolute atomic E-state index is 0. The summed E-state index contributed by atoms with van der Waals surface area (Å²) in [6, 6.07) is 0. The first kappa shape index (κ1) is 39.8. The van der Waals surface area contributed by atoms with Crippen LogP contribution in [0.3, 0.4) is 0 Å². The molecule has 0 spiro atoms. The molecule has 0 saturated carbocycles. The number of rotatable bonds is 0. The Labute approximate surface area is 226 Å². The fourth-order valence-electron chi connectivity index (χ4n) is 1.53. The van der Waals surface area contributed by atoms with Gasteiger partial charge in [-0.15, -0.1) is 24.2 Å². The maximum atomic E-state index is 4.94. The molecule has 0 aromatic carbocycles. The van der Waals surface area contributed by atoms with Crippen LogP contribution in [-0.2, 0) is 46.9 Å². The summed E-state index contributed by atoms with van der Waals surface area (Å²) >= 11 is 0. The smallest absolute Gasteiger partial charge is 0.381 e. The van der Waals surface area contributed by atoms with Crippen LogP contribution in [0.25, 0.3) is 0 Å². The van der Waals surface area contributed by atoms with E-state index in [1.165, 1.54) is 38.5 Å². The zero-order chi connectivity index (χ0) is 24.1. The van der Waals surface area contributed by atoms with Crippen molar-refractivity contribution in [1.29, 1.82) is 0 Å². The van der Waals surface area contributed by atoms with Gasteiger partial charge in [-0.05, 0) is 38.5 Å². The Morgan fingerprint density at radius 1 is 0.387 bits per heavy atom. The van der Waals surface area contributed by atoms with E-state index in [9.17, 15) is 0 Å². The van der Waals surface area contributed by atoms with Gasteiger partial charge in [0.25, 0.3) is 0 Å². The number of hydrogen-bond acceptors (Lipinski definition) is 3. The Hall–Kier alpha value is 1.63. The van der Waals surface area contributed by atoms with Crippen LogP contribution in [0.2, 0.25) is 58.9 Å². The van der Waals surface area contributed by atoms with Crippen LogP contribution in [0.4, 0.5) is 0 Å². The maximum Gasteiger partial charge on any atom is 3.00 e. The van der Waals surface area contributed by atoms with Crippen molar-refractivity contribution in [2.45, 2.75) is 97.4 Å². The van der Waals surface area contributed by atoms with Gasteiger partial charge in [0.15, 0.2) is 0 Å². The molecule has 3 heterocycles. The number of hydrogen-bond donors (Lipinski definition) is 0. The van der Waals surface area contributed by atoms with Crippen LogP contribution < -0.4 is 0 Å². The fourth-order valence-corrected chi connectivity index (χ4v) is 1.53.